The van der Waals surface area contributed by atoms with Crippen molar-refractivity contribution in [2.45, 2.75) is 32.7 Å². The zero-order valence-electron chi connectivity index (χ0n) is 9.90. The third-order valence-electron chi connectivity index (χ3n) is 2.39. The average Bonchev–Trinajstić information content (AvgIpc) is 2.30. The number of Topliss-reactive ketones (excluding diaryl/α,β-unsaturated/α-hetero) is 1. The maximum atomic E-state index is 11.8. The first-order chi connectivity index (χ1) is 7.69. The number of carbonyl (C=O) groups is 1. The number of nitrogens with two attached hydrogens (primary N) is 1. The van der Waals surface area contributed by atoms with Crippen LogP contribution < -0.4 is 10.5 Å². The minimum Gasteiger partial charge on any atom is -0.494 e. The molecule has 16 heavy (non-hydrogen) atoms. The molecule has 3 nitrogen and oxygen atoms in total. The molecule has 0 saturated carbocycles. The van der Waals surface area contributed by atoms with Gasteiger partial charge in [-0.3, -0.25) is 4.79 Å². The number of benzene rings is 1. The Morgan fingerprint density at radius 2 is 1.94 bits per heavy atom. The normalized spacial score (nSPS) is 12.2. The van der Waals surface area contributed by atoms with Crippen LogP contribution in [0, 0.1) is 0 Å². The number of carbonyl (C=O) groups excluding carboxylic acids is 1. The Kier molecular flexibility index (Phi) is 4.99. The molecular formula is C13H19NO2. The largest absolute Gasteiger partial charge is 0.494 e. The first kappa shape index (κ1) is 12.7. The van der Waals surface area contributed by atoms with Gasteiger partial charge in [0.1, 0.15) is 5.75 Å². The summed E-state index contributed by atoms with van der Waals surface area (Å²) in [6.07, 6.45) is 1.65. The van der Waals surface area contributed by atoms with Crippen LogP contribution in [0.15, 0.2) is 24.3 Å². The Balaban J connectivity index is 2.69. The van der Waals surface area contributed by atoms with Crippen LogP contribution in [0.2, 0.25) is 0 Å². The molecule has 3 heteroatoms. The third kappa shape index (κ3) is 3.35. The summed E-state index contributed by atoms with van der Waals surface area (Å²) < 4.78 is 5.31. The van der Waals surface area contributed by atoms with E-state index < -0.39 is 0 Å². The van der Waals surface area contributed by atoms with Crippen LogP contribution in [-0.4, -0.2) is 18.4 Å². The van der Waals surface area contributed by atoms with Crippen LogP contribution >= 0.6 is 0 Å². The Bertz CT molecular complexity index is 332. The molecule has 2 N–H and O–H groups in total. The Labute approximate surface area is 96.6 Å². The summed E-state index contributed by atoms with van der Waals surface area (Å²) >= 11 is 0. The van der Waals surface area contributed by atoms with Crippen molar-refractivity contribution in [2.24, 2.45) is 5.73 Å². The van der Waals surface area contributed by atoms with E-state index in [0.29, 0.717) is 12.2 Å². The van der Waals surface area contributed by atoms with Crippen LogP contribution in [0.4, 0.5) is 0 Å². The molecule has 0 radical (unpaired) electrons. The van der Waals surface area contributed by atoms with E-state index in [0.717, 1.165) is 18.6 Å². The zero-order valence-corrected chi connectivity index (χ0v) is 9.90. The summed E-state index contributed by atoms with van der Waals surface area (Å²) in [5.41, 5.74) is 6.43. The third-order valence-corrected chi connectivity index (χ3v) is 2.39. The lowest BCUT2D eigenvalue weighted by molar-refractivity contribution is 0.0957. The number of hydrogen-bond acceptors (Lipinski definition) is 3. The molecule has 88 valence electrons. The van der Waals surface area contributed by atoms with Crippen LogP contribution in [0.25, 0.3) is 0 Å². The topological polar surface area (TPSA) is 52.3 Å². The van der Waals surface area contributed by atoms with Gasteiger partial charge in [-0.05, 0) is 37.6 Å². The van der Waals surface area contributed by atoms with E-state index in [1.807, 2.05) is 13.8 Å². The van der Waals surface area contributed by atoms with Crippen molar-refractivity contribution in [1.82, 2.24) is 0 Å². The summed E-state index contributed by atoms with van der Waals surface area (Å²) in [6.45, 7) is 4.57. The first-order valence-electron chi connectivity index (χ1n) is 5.71. The van der Waals surface area contributed by atoms with Crippen molar-refractivity contribution in [1.29, 1.82) is 0 Å². The maximum Gasteiger partial charge on any atom is 0.179 e. The molecule has 0 spiro atoms. The van der Waals surface area contributed by atoms with Gasteiger partial charge in [0, 0.05) is 5.56 Å². The monoisotopic (exact) mass is 221 g/mol. The van der Waals surface area contributed by atoms with Crippen molar-refractivity contribution in [3.63, 3.8) is 0 Å². The lowest BCUT2D eigenvalue weighted by Crippen LogP contribution is -2.30. The van der Waals surface area contributed by atoms with E-state index in [-0.39, 0.29) is 11.8 Å². The van der Waals surface area contributed by atoms with Crippen molar-refractivity contribution < 1.29 is 9.53 Å². The fourth-order valence-corrected chi connectivity index (χ4v) is 1.54. The summed E-state index contributed by atoms with van der Waals surface area (Å²) in [6, 6.07) is 6.75. The van der Waals surface area contributed by atoms with Crippen LogP contribution in [-0.2, 0) is 0 Å². The molecule has 0 fully saturated rings. The summed E-state index contributed by atoms with van der Waals surface area (Å²) in [5, 5.41) is 0. The standard InChI is InChI=1S/C13H19NO2/c1-3-5-12(14)13(15)10-6-8-11(9-7-10)16-4-2/h6-9,12H,3-5,14H2,1-2H3. The fraction of sp³-hybridized carbons (Fsp3) is 0.462. The minimum absolute atomic E-state index is 0.00454. The van der Waals surface area contributed by atoms with Crippen LogP contribution in [0.3, 0.4) is 0 Å². The molecule has 0 heterocycles. The lowest BCUT2D eigenvalue weighted by atomic mass is 10.0. The second-order valence-corrected chi connectivity index (χ2v) is 3.72. The quantitative estimate of drug-likeness (QED) is 0.750. The van der Waals surface area contributed by atoms with Crippen molar-refractivity contribution in [3.05, 3.63) is 29.8 Å². The highest BCUT2D eigenvalue weighted by atomic mass is 16.5. The molecule has 1 rings (SSSR count). The van der Waals surface area contributed by atoms with Crippen molar-refractivity contribution in [3.8, 4) is 5.75 Å². The van der Waals surface area contributed by atoms with Gasteiger partial charge in [-0.15, -0.1) is 0 Å². The van der Waals surface area contributed by atoms with Crippen molar-refractivity contribution in [2.75, 3.05) is 6.61 Å². The van der Waals surface area contributed by atoms with Gasteiger partial charge in [-0.1, -0.05) is 13.3 Å². The smallest absolute Gasteiger partial charge is 0.179 e. The van der Waals surface area contributed by atoms with Gasteiger partial charge in [0.05, 0.1) is 12.6 Å². The summed E-state index contributed by atoms with van der Waals surface area (Å²) in [5.74, 6) is 0.785. The van der Waals surface area contributed by atoms with E-state index in [2.05, 4.69) is 0 Å². The maximum absolute atomic E-state index is 11.8. The second kappa shape index (κ2) is 6.28. The predicted octanol–water partition coefficient (Wildman–Crippen LogP) is 2.40. The molecule has 0 aliphatic carbocycles. The van der Waals surface area contributed by atoms with E-state index in [9.17, 15) is 4.79 Å². The van der Waals surface area contributed by atoms with Crippen molar-refractivity contribution >= 4 is 5.78 Å². The summed E-state index contributed by atoms with van der Waals surface area (Å²) in [7, 11) is 0. The van der Waals surface area contributed by atoms with E-state index in [1.54, 1.807) is 24.3 Å². The highest BCUT2D eigenvalue weighted by Gasteiger charge is 2.14. The molecule has 1 atom stereocenters. The Morgan fingerprint density at radius 3 is 2.44 bits per heavy atom. The SMILES string of the molecule is CCCC(N)C(=O)c1ccc(OCC)cc1. The molecule has 0 bridgehead atoms. The highest BCUT2D eigenvalue weighted by Crippen LogP contribution is 2.14. The molecule has 1 aromatic rings. The van der Waals surface area contributed by atoms with E-state index in [4.69, 9.17) is 10.5 Å². The molecule has 0 aromatic heterocycles. The molecule has 1 aromatic carbocycles. The van der Waals surface area contributed by atoms with E-state index in [1.165, 1.54) is 0 Å². The van der Waals surface area contributed by atoms with Gasteiger partial charge >= 0.3 is 0 Å². The molecular weight excluding hydrogens is 202 g/mol. The Morgan fingerprint density at radius 1 is 1.31 bits per heavy atom. The van der Waals surface area contributed by atoms with Crippen LogP contribution in [0.5, 0.6) is 5.75 Å². The molecule has 0 amide bonds. The van der Waals surface area contributed by atoms with Crippen LogP contribution in [0.1, 0.15) is 37.0 Å². The highest BCUT2D eigenvalue weighted by molar-refractivity contribution is 6.00. The van der Waals surface area contributed by atoms with Gasteiger partial charge < -0.3 is 10.5 Å². The molecule has 0 aliphatic rings. The average molecular weight is 221 g/mol. The van der Waals surface area contributed by atoms with Gasteiger partial charge in [0.2, 0.25) is 0 Å². The first-order valence-corrected chi connectivity index (χ1v) is 5.71. The molecule has 0 saturated heterocycles. The summed E-state index contributed by atoms with van der Waals surface area (Å²) in [4.78, 5) is 11.8. The lowest BCUT2D eigenvalue weighted by Gasteiger charge is -2.09. The second-order valence-electron chi connectivity index (χ2n) is 3.72. The van der Waals surface area contributed by atoms with Gasteiger partial charge in [0.25, 0.3) is 0 Å². The fourth-order valence-electron chi connectivity index (χ4n) is 1.54. The number of ketones is 1. The number of hydrogen-bond donors (Lipinski definition) is 1. The molecule has 0 aliphatic heterocycles. The van der Waals surface area contributed by atoms with Gasteiger partial charge in [0.15, 0.2) is 5.78 Å². The number of ether oxygens (including phenoxy) is 1. The van der Waals surface area contributed by atoms with E-state index >= 15 is 0 Å². The van der Waals surface area contributed by atoms with Gasteiger partial charge in [-0.25, -0.2) is 0 Å². The Hall–Kier alpha value is -1.35. The zero-order chi connectivity index (χ0) is 12.0. The number of rotatable bonds is 6. The molecule has 1 unspecified atom stereocenters. The predicted molar refractivity (Wildman–Crippen MR) is 64.8 cm³/mol. The minimum atomic E-state index is -0.386. The van der Waals surface area contributed by atoms with Gasteiger partial charge in [-0.2, -0.15) is 0 Å².